The summed E-state index contributed by atoms with van der Waals surface area (Å²) in [4.78, 5) is 1.55. The maximum absolute atomic E-state index is 3.73. The number of nitrogens with one attached hydrogen (secondary N) is 1. The van der Waals surface area contributed by atoms with Crippen molar-refractivity contribution in [1.29, 1.82) is 0 Å². The van der Waals surface area contributed by atoms with E-state index in [0.717, 1.165) is 30.3 Å². The summed E-state index contributed by atoms with van der Waals surface area (Å²) < 4.78 is 0. The van der Waals surface area contributed by atoms with Gasteiger partial charge in [0, 0.05) is 10.9 Å². The summed E-state index contributed by atoms with van der Waals surface area (Å²) in [6, 6.07) is 5.22. The summed E-state index contributed by atoms with van der Waals surface area (Å²) in [5, 5.41) is 5.93. The Morgan fingerprint density at radius 3 is 2.82 bits per heavy atom. The van der Waals surface area contributed by atoms with E-state index < -0.39 is 0 Å². The molecule has 3 rings (SSSR count). The Bertz CT molecular complexity index is 336. The smallest absolute Gasteiger partial charge is 0.00988 e. The van der Waals surface area contributed by atoms with Gasteiger partial charge in [0.25, 0.3) is 0 Å². The first-order valence-electron chi connectivity index (χ1n) is 7.12. The van der Waals surface area contributed by atoms with Gasteiger partial charge in [-0.2, -0.15) is 0 Å². The molecule has 2 fully saturated rings. The first kappa shape index (κ1) is 11.7. The Morgan fingerprint density at radius 2 is 2.18 bits per heavy atom. The Labute approximate surface area is 109 Å². The second kappa shape index (κ2) is 5.11. The van der Waals surface area contributed by atoms with Gasteiger partial charge in [0.05, 0.1) is 0 Å². The molecular weight excluding hydrogens is 226 g/mol. The van der Waals surface area contributed by atoms with Crippen LogP contribution < -0.4 is 5.32 Å². The van der Waals surface area contributed by atoms with Crippen LogP contribution in [0.4, 0.5) is 0 Å². The normalized spacial score (nSPS) is 32.4. The lowest BCUT2D eigenvalue weighted by atomic mass is 9.91. The van der Waals surface area contributed by atoms with E-state index in [0.29, 0.717) is 0 Å². The zero-order valence-corrected chi connectivity index (χ0v) is 11.5. The fourth-order valence-electron chi connectivity index (χ4n) is 3.61. The number of hydrogen-bond acceptors (Lipinski definition) is 2. The SMILES string of the molecule is CCNC(CCc1cccs1)C1CC2CC2C1. The van der Waals surface area contributed by atoms with Crippen LogP contribution in [0.2, 0.25) is 0 Å². The summed E-state index contributed by atoms with van der Waals surface area (Å²) in [6.07, 6.45) is 7.15. The standard InChI is InChI=1S/C15H23NS/c1-2-16-15(6-5-14-4-3-7-17-14)13-9-11-8-12(11)10-13/h3-4,7,11-13,15-16H,2,5-6,8-10H2,1H3. The van der Waals surface area contributed by atoms with E-state index in [1.54, 1.807) is 11.3 Å². The largest absolute Gasteiger partial charge is 0.314 e. The predicted octanol–water partition coefficient (Wildman–Crippen LogP) is 3.70. The highest BCUT2D eigenvalue weighted by molar-refractivity contribution is 7.09. The van der Waals surface area contributed by atoms with Gasteiger partial charge in [-0.25, -0.2) is 0 Å². The molecule has 2 heteroatoms. The second-order valence-corrected chi connectivity index (χ2v) is 6.80. The van der Waals surface area contributed by atoms with Gasteiger partial charge in [0.2, 0.25) is 0 Å². The molecule has 1 nitrogen and oxygen atoms in total. The van der Waals surface area contributed by atoms with Gasteiger partial charge in [0.1, 0.15) is 0 Å². The van der Waals surface area contributed by atoms with Gasteiger partial charge in [-0.05, 0) is 67.8 Å². The van der Waals surface area contributed by atoms with Crippen molar-refractivity contribution in [2.45, 2.75) is 45.1 Å². The zero-order valence-electron chi connectivity index (χ0n) is 10.7. The van der Waals surface area contributed by atoms with Crippen molar-refractivity contribution in [3.05, 3.63) is 22.4 Å². The fraction of sp³-hybridized carbons (Fsp3) is 0.733. The lowest BCUT2D eigenvalue weighted by Gasteiger charge is -2.25. The maximum Gasteiger partial charge on any atom is 0.00988 e. The summed E-state index contributed by atoms with van der Waals surface area (Å²) in [5.74, 6) is 3.20. The van der Waals surface area contributed by atoms with Gasteiger partial charge < -0.3 is 5.32 Å². The third-order valence-electron chi connectivity index (χ3n) is 4.60. The summed E-state index contributed by atoms with van der Waals surface area (Å²) in [6.45, 7) is 3.37. The molecule has 0 aromatic carbocycles. The molecule has 0 bridgehead atoms. The first-order chi connectivity index (χ1) is 8.36. The highest BCUT2D eigenvalue weighted by Crippen LogP contribution is 2.55. The van der Waals surface area contributed by atoms with Crippen LogP contribution in [0.25, 0.3) is 0 Å². The predicted molar refractivity (Wildman–Crippen MR) is 74.4 cm³/mol. The molecule has 2 aliphatic rings. The molecule has 0 aliphatic heterocycles. The molecule has 1 heterocycles. The van der Waals surface area contributed by atoms with Crippen LogP contribution in [0.5, 0.6) is 0 Å². The Hall–Kier alpha value is -0.340. The number of rotatable bonds is 6. The molecule has 0 spiro atoms. The highest BCUT2D eigenvalue weighted by atomic mass is 32.1. The third kappa shape index (κ3) is 2.74. The molecule has 94 valence electrons. The van der Waals surface area contributed by atoms with E-state index in [4.69, 9.17) is 0 Å². The molecule has 2 aliphatic carbocycles. The van der Waals surface area contributed by atoms with Crippen molar-refractivity contribution in [3.63, 3.8) is 0 Å². The zero-order chi connectivity index (χ0) is 11.7. The molecule has 0 amide bonds. The Balaban J connectivity index is 1.52. The van der Waals surface area contributed by atoms with Crippen LogP contribution in [0, 0.1) is 17.8 Å². The fourth-order valence-corrected chi connectivity index (χ4v) is 4.33. The van der Waals surface area contributed by atoms with Crippen molar-refractivity contribution in [2.24, 2.45) is 17.8 Å². The molecule has 1 aromatic rings. The molecule has 17 heavy (non-hydrogen) atoms. The Morgan fingerprint density at radius 1 is 1.35 bits per heavy atom. The molecule has 1 aromatic heterocycles. The van der Waals surface area contributed by atoms with Gasteiger partial charge in [-0.3, -0.25) is 0 Å². The topological polar surface area (TPSA) is 12.0 Å². The molecule has 0 saturated heterocycles. The molecule has 1 N–H and O–H groups in total. The number of aryl methyl sites for hydroxylation is 1. The van der Waals surface area contributed by atoms with E-state index in [2.05, 4.69) is 29.8 Å². The van der Waals surface area contributed by atoms with E-state index in [1.165, 1.54) is 25.7 Å². The van der Waals surface area contributed by atoms with E-state index >= 15 is 0 Å². The van der Waals surface area contributed by atoms with Crippen molar-refractivity contribution in [2.75, 3.05) is 6.54 Å². The quantitative estimate of drug-likeness (QED) is 0.810. The van der Waals surface area contributed by atoms with Gasteiger partial charge in [0.15, 0.2) is 0 Å². The van der Waals surface area contributed by atoms with Crippen molar-refractivity contribution >= 4 is 11.3 Å². The average Bonchev–Trinajstić information content (AvgIpc) is 2.81. The van der Waals surface area contributed by atoms with Gasteiger partial charge in [-0.1, -0.05) is 13.0 Å². The minimum absolute atomic E-state index is 0.773. The summed E-state index contributed by atoms with van der Waals surface area (Å²) in [7, 11) is 0. The number of fused-ring (bicyclic) bond motifs is 1. The van der Waals surface area contributed by atoms with Crippen LogP contribution in [0.3, 0.4) is 0 Å². The van der Waals surface area contributed by atoms with Crippen molar-refractivity contribution in [3.8, 4) is 0 Å². The first-order valence-corrected chi connectivity index (χ1v) is 8.00. The van der Waals surface area contributed by atoms with Crippen LogP contribution in [0.1, 0.15) is 37.5 Å². The summed E-state index contributed by atoms with van der Waals surface area (Å²) in [5.41, 5.74) is 0. The molecule has 3 unspecified atom stereocenters. The van der Waals surface area contributed by atoms with Crippen LogP contribution in [0.15, 0.2) is 17.5 Å². The van der Waals surface area contributed by atoms with Crippen molar-refractivity contribution < 1.29 is 0 Å². The molecular formula is C15H23NS. The number of hydrogen-bond donors (Lipinski definition) is 1. The summed E-state index contributed by atoms with van der Waals surface area (Å²) >= 11 is 1.91. The maximum atomic E-state index is 3.73. The van der Waals surface area contributed by atoms with E-state index in [-0.39, 0.29) is 0 Å². The minimum atomic E-state index is 0.773. The van der Waals surface area contributed by atoms with Crippen LogP contribution >= 0.6 is 11.3 Å². The monoisotopic (exact) mass is 249 g/mol. The van der Waals surface area contributed by atoms with Gasteiger partial charge in [-0.15, -0.1) is 11.3 Å². The lowest BCUT2D eigenvalue weighted by Crippen LogP contribution is -2.36. The average molecular weight is 249 g/mol. The van der Waals surface area contributed by atoms with Crippen molar-refractivity contribution in [1.82, 2.24) is 5.32 Å². The lowest BCUT2D eigenvalue weighted by molar-refractivity contribution is 0.323. The minimum Gasteiger partial charge on any atom is -0.314 e. The van der Waals surface area contributed by atoms with Crippen LogP contribution in [-0.2, 0) is 6.42 Å². The second-order valence-electron chi connectivity index (χ2n) is 5.77. The molecule has 0 radical (unpaired) electrons. The third-order valence-corrected chi connectivity index (χ3v) is 5.53. The van der Waals surface area contributed by atoms with Crippen LogP contribution in [-0.4, -0.2) is 12.6 Å². The molecule has 2 saturated carbocycles. The van der Waals surface area contributed by atoms with Gasteiger partial charge >= 0.3 is 0 Å². The number of thiophene rings is 1. The van der Waals surface area contributed by atoms with E-state index in [9.17, 15) is 0 Å². The highest BCUT2D eigenvalue weighted by Gasteiger charge is 2.47. The van der Waals surface area contributed by atoms with E-state index in [1.807, 2.05) is 11.3 Å². The Kier molecular flexibility index (Phi) is 3.53. The molecule has 3 atom stereocenters.